The summed E-state index contributed by atoms with van der Waals surface area (Å²) in [6, 6.07) is 5.39. The van der Waals surface area contributed by atoms with Crippen LogP contribution in [0.1, 0.15) is 74.8 Å². The van der Waals surface area contributed by atoms with Crippen molar-refractivity contribution in [2.24, 2.45) is 0 Å². The number of fused-ring (bicyclic) bond motifs is 3. The molecule has 3 fully saturated rings. The second kappa shape index (κ2) is 9.73. The van der Waals surface area contributed by atoms with Crippen LogP contribution in [0, 0.1) is 5.82 Å². The first-order valence-electron chi connectivity index (χ1n) is 13.4. The van der Waals surface area contributed by atoms with E-state index in [1.54, 1.807) is 24.4 Å². The third-order valence-corrected chi connectivity index (χ3v) is 9.74. The van der Waals surface area contributed by atoms with Gasteiger partial charge in [-0.15, -0.1) is 0 Å². The first kappa shape index (κ1) is 26.0. The van der Waals surface area contributed by atoms with E-state index in [0.717, 1.165) is 19.3 Å². The molecule has 4 N–H and O–H groups in total. The highest BCUT2D eigenvalue weighted by molar-refractivity contribution is 6.31. The van der Waals surface area contributed by atoms with Crippen molar-refractivity contribution in [2.75, 3.05) is 5.32 Å². The Bertz CT molecular complexity index is 1280. The summed E-state index contributed by atoms with van der Waals surface area (Å²) < 4.78 is 15.9. The summed E-state index contributed by atoms with van der Waals surface area (Å²) in [5.74, 6) is -2.07. The fraction of sp³-hybridized carbons (Fsp3) is 0.536. The van der Waals surface area contributed by atoms with Crippen molar-refractivity contribution in [2.45, 2.75) is 92.8 Å². The number of nitrogens with zero attached hydrogens (tertiary/aromatic N) is 1. The minimum absolute atomic E-state index is 0.0597. The molecule has 3 heterocycles. The van der Waals surface area contributed by atoms with Gasteiger partial charge in [0.15, 0.2) is 0 Å². The first-order chi connectivity index (χ1) is 18.3. The first-order valence-corrected chi connectivity index (χ1v) is 14.2. The molecule has 2 aliphatic heterocycles. The van der Waals surface area contributed by atoms with Crippen molar-refractivity contribution in [3.05, 3.63) is 57.6 Å². The van der Waals surface area contributed by atoms with Crippen LogP contribution in [0.25, 0.3) is 0 Å². The summed E-state index contributed by atoms with van der Waals surface area (Å²) in [5, 5.41) is 19.9. The van der Waals surface area contributed by atoms with Gasteiger partial charge in [-0.1, -0.05) is 54.6 Å². The minimum atomic E-state index is -1.30. The molecular weight excluding hydrogens is 530 g/mol. The summed E-state index contributed by atoms with van der Waals surface area (Å²) in [6.45, 7) is 0. The van der Waals surface area contributed by atoms with Gasteiger partial charge in [-0.25, -0.2) is 9.37 Å². The van der Waals surface area contributed by atoms with E-state index in [2.05, 4.69) is 20.9 Å². The van der Waals surface area contributed by atoms with Crippen LogP contribution in [0.4, 0.5) is 10.1 Å². The van der Waals surface area contributed by atoms with E-state index in [-0.39, 0.29) is 39.7 Å². The highest BCUT2D eigenvalue weighted by atomic mass is 35.5. The molecule has 0 bridgehead atoms. The zero-order valence-corrected chi connectivity index (χ0v) is 22.4. The molecule has 6 rings (SSSR count). The number of aromatic nitrogens is 1. The number of pyridine rings is 1. The molecule has 2 aromatic rings. The van der Waals surface area contributed by atoms with Gasteiger partial charge < -0.3 is 15.7 Å². The fourth-order valence-electron chi connectivity index (χ4n) is 7.61. The number of benzene rings is 1. The van der Waals surface area contributed by atoms with E-state index >= 15 is 4.39 Å². The van der Waals surface area contributed by atoms with Crippen LogP contribution >= 0.6 is 23.2 Å². The van der Waals surface area contributed by atoms with E-state index in [0.29, 0.717) is 49.8 Å². The number of carbonyl (C=O) groups excluding carboxylic acids is 2. The number of anilines is 1. The Morgan fingerprint density at radius 3 is 2.61 bits per heavy atom. The van der Waals surface area contributed by atoms with Gasteiger partial charge in [-0.3, -0.25) is 14.9 Å². The monoisotopic (exact) mass is 560 g/mol. The van der Waals surface area contributed by atoms with Crippen LogP contribution in [0.5, 0.6) is 0 Å². The quantitative estimate of drug-likeness (QED) is 0.411. The molecular formula is C28H31Cl2FN4O3. The van der Waals surface area contributed by atoms with Crippen molar-refractivity contribution < 1.29 is 19.1 Å². The van der Waals surface area contributed by atoms with Crippen molar-refractivity contribution >= 4 is 40.7 Å². The van der Waals surface area contributed by atoms with Crippen molar-refractivity contribution in [3.8, 4) is 0 Å². The Labute approximate surface area is 230 Å². The third-order valence-electron chi connectivity index (χ3n) is 9.24. The predicted octanol–water partition coefficient (Wildman–Crippen LogP) is 4.60. The Balaban J connectivity index is 1.53. The molecule has 2 spiro atoms. The predicted molar refractivity (Wildman–Crippen MR) is 143 cm³/mol. The second-order valence-electron chi connectivity index (χ2n) is 11.2. The molecule has 10 heteroatoms. The number of halogens is 3. The molecule has 2 aliphatic carbocycles. The van der Waals surface area contributed by atoms with Crippen molar-refractivity contribution in [1.29, 1.82) is 0 Å². The highest BCUT2D eigenvalue weighted by Crippen LogP contribution is 2.62. The summed E-state index contributed by atoms with van der Waals surface area (Å²) in [6.07, 6.45) is 7.88. The van der Waals surface area contributed by atoms with Crippen LogP contribution in [0.2, 0.25) is 10.2 Å². The lowest BCUT2D eigenvalue weighted by Crippen LogP contribution is -2.60. The van der Waals surface area contributed by atoms with Gasteiger partial charge in [0.2, 0.25) is 11.8 Å². The van der Waals surface area contributed by atoms with E-state index in [1.165, 1.54) is 6.07 Å². The lowest BCUT2D eigenvalue weighted by molar-refractivity contribution is -0.125. The average molecular weight is 561 g/mol. The average Bonchev–Trinajstić information content (AvgIpc) is 3.35. The van der Waals surface area contributed by atoms with Crippen molar-refractivity contribution in [1.82, 2.24) is 15.6 Å². The largest absolute Gasteiger partial charge is 0.393 e. The topological polar surface area (TPSA) is 103 Å². The number of amides is 2. The lowest BCUT2D eigenvalue weighted by Gasteiger charge is -2.46. The number of aliphatic hydroxyl groups excluding tert-OH is 1. The molecule has 202 valence electrons. The van der Waals surface area contributed by atoms with Crippen LogP contribution in [-0.2, 0) is 15.0 Å². The summed E-state index contributed by atoms with van der Waals surface area (Å²) in [7, 11) is 0. The minimum Gasteiger partial charge on any atom is -0.393 e. The summed E-state index contributed by atoms with van der Waals surface area (Å²) >= 11 is 12.5. The molecule has 38 heavy (non-hydrogen) atoms. The number of hydrogen-bond acceptors (Lipinski definition) is 5. The molecule has 1 saturated heterocycles. The van der Waals surface area contributed by atoms with Gasteiger partial charge in [0.1, 0.15) is 16.4 Å². The summed E-state index contributed by atoms with van der Waals surface area (Å²) in [4.78, 5) is 32.7. The maximum Gasteiger partial charge on any atom is 0.238 e. The van der Waals surface area contributed by atoms with Crippen LogP contribution < -0.4 is 16.0 Å². The van der Waals surface area contributed by atoms with Gasteiger partial charge >= 0.3 is 0 Å². The normalized spacial score (nSPS) is 31.8. The lowest BCUT2D eigenvalue weighted by atomic mass is 9.55. The van der Waals surface area contributed by atoms with Gasteiger partial charge in [-0.2, -0.15) is 0 Å². The standard InChI is InChI=1S/C28H31Cl2FN4O3/c29-19-6-4-5-17(23(19)31)22-24(25(37)33-15-7-9-16(36)10-8-15)35-27(11-2-1-3-12-27)28(22)18-14-32-21(30)13-20(18)34-26(28)38/h4-6,13-16,22,24,35-36H,1-3,7-12H2,(H,33,37)(H,34,38)/t15?,16?,22-,24+,28+/m0/s1. The number of carbonyl (C=O) groups is 2. The van der Waals surface area contributed by atoms with E-state index in [9.17, 15) is 14.7 Å². The Morgan fingerprint density at radius 1 is 1.13 bits per heavy atom. The number of aliphatic hydroxyl groups is 1. The van der Waals surface area contributed by atoms with Crippen LogP contribution in [0.3, 0.4) is 0 Å². The van der Waals surface area contributed by atoms with Crippen molar-refractivity contribution in [3.63, 3.8) is 0 Å². The number of nitrogens with one attached hydrogen (secondary N) is 3. The van der Waals surface area contributed by atoms with Gasteiger partial charge in [0.05, 0.1) is 17.2 Å². The maximum atomic E-state index is 15.9. The third kappa shape index (κ3) is 3.86. The van der Waals surface area contributed by atoms with E-state index in [4.69, 9.17) is 23.2 Å². The van der Waals surface area contributed by atoms with Crippen LogP contribution in [-0.4, -0.2) is 45.6 Å². The molecule has 0 unspecified atom stereocenters. The fourth-order valence-corrected chi connectivity index (χ4v) is 7.95. The Hall–Kier alpha value is -2.26. The van der Waals surface area contributed by atoms with Gasteiger partial charge in [0.25, 0.3) is 0 Å². The molecule has 1 aromatic heterocycles. The zero-order chi connectivity index (χ0) is 26.7. The Kier molecular flexibility index (Phi) is 6.66. The van der Waals surface area contributed by atoms with Gasteiger partial charge in [0, 0.05) is 34.9 Å². The van der Waals surface area contributed by atoms with Crippen LogP contribution in [0.15, 0.2) is 30.5 Å². The van der Waals surface area contributed by atoms with Gasteiger partial charge in [-0.05, 0) is 56.2 Å². The molecule has 2 amide bonds. The number of hydrogen-bond donors (Lipinski definition) is 4. The molecule has 4 aliphatic rings. The molecule has 1 aromatic carbocycles. The number of rotatable bonds is 3. The Morgan fingerprint density at radius 2 is 1.87 bits per heavy atom. The molecule has 3 atom stereocenters. The highest BCUT2D eigenvalue weighted by Gasteiger charge is 2.72. The zero-order valence-electron chi connectivity index (χ0n) is 20.9. The SMILES string of the molecule is O=C(NC1CCC(O)CC1)[C@@H]1NC2(CCCCC2)[C@@]2(C(=O)Nc3cc(Cl)ncc32)[C@H]1c1cccc(Cl)c1F. The maximum absolute atomic E-state index is 15.9. The molecule has 2 saturated carbocycles. The summed E-state index contributed by atoms with van der Waals surface area (Å²) in [5.41, 5.74) is -0.695. The molecule has 0 radical (unpaired) electrons. The smallest absolute Gasteiger partial charge is 0.238 e. The van der Waals surface area contributed by atoms with E-state index in [1.807, 2.05) is 0 Å². The van der Waals surface area contributed by atoms with E-state index < -0.39 is 28.7 Å². The molecule has 7 nitrogen and oxygen atoms in total. The second-order valence-corrected chi connectivity index (χ2v) is 12.0.